The third-order valence-electron chi connectivity index (χ3n) is 6.15. The first kappa shape index (κ1) is 19.8. The van der Waals surface area contributed by atoms with Gasteiger partial charge in [0.1, 0.15) is 11.4 Å². The molecule has 1 aromatic heterocycles. The van der Waals surface area contributed by atoms with Gasteiger partial charge in [-0.1, -0.05) is 0 Å². The molecule has 3 N–H and O–H groups in total. The average Bonchev–Trinajstić information content (AvgIpc) is 3.53. The number of benzene rings is 1. The number of rotatable bonds is 5. The highest BCUT2D eigenvalue weighted by Gasteiger charge is 2.32. The highest BCUT2D eigenvalue weighted by molar-refractivity contribution is 5.95. The maximum absolute atomic E-state index is 15.2. The quantitative estimate of drug-likeness (QED) is 0.705. The van der Waals surface area contributed by atoms with Gasteiger partial charge in [0.2, 0.25) is 5.43 Å². The molecule has 0 spiro atoms. The minimum absolute atomic E-state index is 0.0829. The first-order valence-electron chi connectivity index (χ1n) is 9.98. The number of carboxylic acids is 1. The van der Waals surface area contributed by atoms with Gasteiger partial charge in [-0.2, -0.15) is 0 Å². The monoisotopic (exact) mass is 404 g/mol. The largest absolute Gasteiger partial charge is 0.477 e. The number of aryl methyl sites for hydroxylation is 1. The van der Waals surface area contributed by atoms with Gasteiger partial charge >= 0.3 is 5.97 Å². The molecular weight excluding hydrogens is 379 g/mol. The van der Waals surface area contributed by atoms with Crippen molar-refractivity contribution in [2.45, 2.75) is 44.8 Å². The van der Waals surface area contributed by atoms with Crippen molar-refractivity contribution in [2.24, 2.45) is 5.92 Å². The number of nitrogens with zero attached hydrogens (tertiary/aromatic N) is 2. The Morgan fingerprint density at radius 2 is 2.07 bits per heavy atom. The molecule has 1 aliphatic heterocycles. The lowest BCUT2D eigenvalue weighted by Gasteiger charge is -2.37. The Bertz CT molecular complexity index is 1030. The number of aromatic nitrogens is 1. The van der Waals surface area contributed by atoms with Crippen molar-refractivity contribution in [1.29, 1.82) is 0 Å². The summed E-state index contributed by atoms with van der Waals surface area (Å²) in [5, 5.41) is 28.8. The van der Waals surface area contributed by atoms with E-state index >= 15 is 4.39 Å². The fourth-order valence-corrected chi connectivity index (χ4v) is 4.53. The van der Waals surface area contributed by atoms with Crippen molar-refractivity contribution in [3.8, 4) is 0 Å². The number of pyridine rings is 1. The number of fused-ring (bicyclic) bond motifs is 1. The molecule has 1 aromatic carbocycles. The molecule has 7 nitrogen and oxygen atoms in total. The van der Waals surface area contributed by atoms with Crippen molar-refractivity contribution < 1.29 is 24.5 Å². The number of hydrogen-bond donors (Lipinski definition) is 3. The van der Waals surface area contributed by atoms with Crippen molar-refractivity contribution in [2.75, 3.05) is 24.6 Å². The molecule has 1 saturated carbocycles. The molecule has 1 aliphatic carbocycles. The number of aliphatic hydroxyl groups is 2. The maximum Gasteiger partial charge on any atom is 0.341 e. The topological polar surface area (TPSA) is 103 Å². The second-order valence-corrected chi connectivity index (χ2v) is 8.14. The second-order valence-electron chi connectivity index (χ2n) is 8.14. The third kappa shape index (κ3) is 3.40. The minimum atomic E-state index is -1.31. The van der Waals surface area contributed by atoms with Gasteiger partial charge in [-0.3, -0.25) is 4.79 Å². The Balaban J connectivity index is 1.89. The Morgan fingerprint density at radius 3 is 2.69 bits per heavy atom. The van der Waals surface area contributed by atoms with Crippen LogP contribution in [0.1, 0.15) is 47.6 Å². The van der Waals surface area contributed by atoms with Crippen LogP contribution in [0.5, 0.6) is 0 Å². The lowest BCUT2D eigenvalue weighted by molar-refractivity contribution is 0.0413. The van der Waals surface area contributed by atoms with E-state index in [-0.39, 0.29) is 29.5 Å². The molecule has 2 unspecified atom stereocenters. The van der Waals surface area contributed by atoms with Crippen molar-refractivity contribution in [1.82, 2.24) is 4.57 Å². The first-order valence-corrected chi connectivity index (χ1v) is 9.98. The summed E-state index contributed by atoms with van der Waals surface area (Å²) in [5.41, 5.74) is 0.526. The van der Waals surface area contributed by atoms with Crippen molar-refractivity contribution >= 4 is 22.6 Å². The zero-order valence-corrected chi connectivity index (χ0v) is 16.3. The highest BCUT2D eigenvalue weighted by Crippen LogP contribution is 2.40. The summed E-state index contributed by atoms with van der Waals surface area (Å²) in [5.74, 6) is -2.05. The van der Waals surface area contributed by atoms with Crippen LogP contribution in [0.2, 0.25) is 0 Å². The Hall–Kier alpha value is -2.45. The number of carboxylic acid groups (broad SMARTS) is 1. The lowest BCUT2D eigenvalue weighted by atomic mass is 9.91. The standard InChI is InChI=1S/C21H25FN2O5/c1-11-18-14(20(27)15(21(28)29)9-24(18)13-4-5-13)7-16(22)19(11)23-6-2-3-12(8-23)17(26)10-25/h7,9,12-13,17,25-26H,2-6,8,10H2,1H3,(H,28,29). The van der Waals surface area contributed by atoms with Crippen LogP contribution < -0.4 is 10.3 Å². The van der Waals surface area contributed by atoms with Crippen LogP contribution in [-0.4, -0.2) is 51.7 Å². The number of hydrogen-bond acceptors (Lipinski definition) is 5. The highest BCUT2D eigenvalue weighted by atomic mass is 19.1. The van der Waals surface area contributed by atoms with Crippen LogP contribution in [0.25, 0.3) is 10.9 Å². The average molecular weight is 404 g/mol. The summed E-state index contributed by atoms with van der Waals surface area (Å²) >= 11 is 0. The number of carbonyl (C=O) groups is 1. The summed E-state index contributed by atoms with van der Waals surface area (Å²) in [6, 6.07) is 1.26. The molecule has 1 saturated heterocycles. The summed E-state index contributed by atoms with van der Waals surface area (Å²) in [4.78, 5) is 26.1. The van der Waals surface area contributed by atoms with Crippen LogP contribution in [0.3, 0.4) is 0 Å². The lowest BCUT2D eigenvalue weighted by Crippen LogP contribution is -2.42. The number of halogens is 1. The Kier molecular flexibility index (Phi) is 5.08. The predicted octanol–water partition coefficient (Wildman–Crippen LogP) is 2.05. The SMILES string of the molecule is Cc1c(N2CCCC(C(O)CO)C2)c(F)cc2c(=O)c(C(=O)O)cn(C3CC3)c12. The van der Waals surface area contributed by atoms with Gasteiger partial charge in [0.25, 0.3) is 0 Å². The van der Waals surface area contributed by atoms with E-state index in [1.807, 2.05) is 9.47 Å². The summed E-state index contributed by atoms with van der Waals surface area (Å²) in [6.45, 7) is 2.44. The van der Waals surface area contributed by atoms with Gasteiger partial charge in [0.05, 0.1) is 23.9 Å². The van der Waals surface area contributed by atoms with Crippen molar-refractivity contribution in [3.05, 3.63) is 39.4 Å². The number of anilines is 1. The molecule has 0 radical (unpaired) electrons. The summed E-state index contributed by atoms with van der Waals surface area (Å²) in [7, 11) is 0. The van der Waals surface area contributed by atoms with E-state index in [0.717, 1.165) is 31.7 Å². The van der Waals surface area contributed by atoms with Gasteiger partial charge in [0, 0.05) is 36.6 Å². The van der Waals surface area contributed by atoms with Crippen LogP contribution in [0.15, 0.2) is 17.1 Å². The molecule has 8 heteroatoms. The second kappa shape index (κ2) is 7.42. The Labute approximate surface area is 167 Å². The smallest absolute Gasteiger partial charge is 0.341 e. The van der Waals surface area contributed by atoms with Gasteiger partial charge in [-0.05, 0) is 44.2 Å². The fourth-order valence-electron chi connectivity index (χ4n) is 4.53. The summed E-state index contributed by atoms with van der Waals surface area (Å²) < 4.78 is 17.0. The normalized spacial score (nSPS) is 20.8. The van der Waals surface area contributed by atoms with Crippen LogP contribution in [0, 0.1) is 18.7 Å². The van der Waals surface area contributed by atoms with E-state index in [1.54, 1.807) is 6.92 Å². The molecule has 29 heavy (non-hydrogen) atoms. The van der Waals surface area contributed by atoms with Gasteiger partial charge in [-0.15, -0.1) is 0 Å². The van der Waals surface area contributed by atoms with Gasteiger partial charge in [0.15, 0.2) is 0 Å². The van der Waals surface area contributed by atoms with Gasteiger partial charge < -0.3 is 24.8 Å². The van der Waals surface area contributed by atoms with Gasteiger partial charge in [-0.25, -0.2) is 9.18 Å². The summed E-state index contributed by atoms with van der Waals surface area (Å²) in [6.07, 6.45) is 3.81. The number of aromatic carboxylic acids is 1. The fraction of sp³-hybridized carbons (Fsp3) is 0.524. The molecular formula is C21H25FN2O5. The molecule has 2 aliphatic rings. The zero-order chi connectivity index (χ0) is 20.9. The van der Waals surface area contributed by atoms with E-state index in [1.165, 1.54) is 6.20 Å². The van der Waals surface area contributed by atoms with Crippen LogP contribution >= 0.6 is 0 Å². The minimum Gasteiger partial charge on any atom is -0.477 e. The van der Waals surface area contributed by atoms with E-state index in [9.17, 15) is 24.9 Å². The maximum atomic E-state index is 15.2. The molecule has 0 bridgehead atoms. The van der Waals surface area contributed by atoms with E-state index < -0.39 is 23.3 Å². The predicted molar refractivity (Wildman–Crippen MR) is 106 cm³/mol. The first-order chi connectivity index (χ1) is 13.8. The van der Waals surface area contributed by atoms with Crippen LogP contribution in [0.4, 0.5) is 10.1 Å². The van der Waals surface area contributed by atoms with E-state index in [0.29, 0.717) is 29.9 Å². The molecule has 2 aromatic rings. The van der Waals surface area contributed by atoms with Crippen LogP contribution in [-0.2, 0) is 0 Å². The third-order valence-corrected chi connectivity index (χ3v) is 6.15. The molecule has 4 rings (SSSR count). The van der Waals surface area contributed by atoms with Crippen molar-refractivity contribution in [3.63, 3.8) is 0 Å². The zero-order valence-electron chi connectivity index (χ0n) is 16.3. The molecule has 2 atom stereocenters. The Morgan fingerprint density at radius 1 is 1.34 bits per heavy atom. The molecule has 0 amide bonds. The van der Waals surface area contributed by atoms with E-state index in [2.05, 4.69) is 0 Å². The number of piperidine rings is 1. The number of aliphatic hydroxyl groups excluding tert-OH is 2. The van der Waals surface area contributed by atoms with E-state index in [4.69, 9.17) is 0 Å². The molecule has 2 heterocycles. The molecule has 156 valence electrons. The molecule has 2 fully saturated rings.